The van der Waals surface area contributed by atoms with Crippen LogP contribution in [0.4, 0.5) is 5.95 Å². The number of hydrogen-bond donors (Lipinski definition) is 1. The smallest absolute Gasteiger partial charge is 0.332 e. The van der Waals surface area contributed by atoms with E-state index in [2.05, 4.69) is 16.7 Å². The fraction of sp³-hybridized carbons (Fsp3) is 0.357. The summed E-state index contributed by atoms with van der Waals surface area (Å²) in [6.07, 6.45) is 1.48. The van der Waals surface area contributed by atoms with Crippen molar-refractivity contribution < 1.29 is 4.79 Å². The quantitative estimate of drug-likeness (QED) is 0.703. The molecule has 24 heavy (non-hydrogen) atoms. The van der Waals surface area contributed by atoms with Crippen molar-refractivity contribution in [2.45, 2.75) is 20.0 Å². The molecule has 10 heteroatoms. The minimum atomic E-state index is -0.579. The normalized spacial score (nSPS) is 13.8. The summed E-state index contributed by atoms with van der Waals surface area (Å²) in [5.74, 6) is -0.275. The molecule has 0 bridgehead atoms. The lowest BCUT2D eigenvalue weighted by molar-refractivity contribution is -0.116. The molecule has 0 spiro atoms. The van der Waals surface area contributed by atoms with E-state index in [1.165, 1.54) is 22.7 Å². The number of imidazole rings is 1. The lowest BCUT2D eigenvalue weighted by atomic mass is 10.3. The van der Waals surface area contributed by atoms with E-state index in [4.69, 9.17) is 5.73 Å². The van der Waals surface area contributed by atoms with E-state index in [0.29, 0.717) is 18.2 Å². The first kappa shape index (κ1) is 15.7. The number of hydrazone groups is 1. The second kappa shape index (κ2) is 5.48. The molecule has 0 saturated heterocycles. The van der Waals surface area contributed by atoms with Crippen molar-refractivity contribution in [1.82, 2.24) is 18.7 Å². The van der Waals surface area contributed by atoms with Crippen LogP contribution in [0.3, 0.4) is 0 Å². The number of amides is 1. The van der Waals surface area contributed by atoms with Gasteiger partial charge in [0.2, 0.25) is 11.9 Å². The number of aryl methyl sites for hydroxylation is 1. The van der Waals surface area contributed by atoms with Crippen LogP contribution in [-0.4, -0.2) is 36.8 Å². The number of nitrogens with zero attached hydrogens (tertiary/aromatic N) is 6. The van der Waals surface area contributed by atoms with Gasteiger partial charge in [0.1, 0.15) is 6.54 Å². The summed E-state index contributed by atoms with van der Waals surface area (Å²) in [6, 6.07) is 0. The first-order chi connectivity index (χ1) is 11.3. The van der Waals surface area contributed by atoms with Gasteiger partial charge < -0.3 is 5.73 Å². The van der Waals surface area contributed by atoms with Crippen LogP contribution in [-0.2, 0) is 24.9 Å². The number of nitrogens with two attached hydrogens (primary N) is 1. The average Bonchev–Trinajstić information content (AvgIpc) is 2.88. The number of primary amides is 1. The molecule has 0 aliphatic carbocycles. The SMILES string of the molecule is C=CCn1c(=O)c2c(nc3n2CC(C)=NN3CC(N)=O)n(C)c1=O. The maximum absolute atomic E-state index is 12.8. The standard InChI is InChI=1S/C14H17N7O3/c1-4-5-19-12(23)10-11(18(3)14(19)24)16-13-20(10)6-8(2)17-21(13)7-9(15)22/h4H,1,5-7H2,2-3H3,(H2,15,22). The topological polar surface area (TPSA) is 121 Å². The van der Waals surface area contributed by atoms with Crippen molar-refractivity contribution in [3.05, 3.63) is 33.5 Å². The Labute approximate surface area is 136 Å². The Hall–Kier alpha value is -3.17. The first-order valence-corrected chi connectivity index (χ1v) is 7.26. The molecule has 0 fully saturated rings. The van der Waals surface area contributed by atoms with Gasteiger partial charge in [-0.3, -0.25) is 23.3 Å². The predicted molar refractivity (Wildman–Crippen MR) is 89.1 cm³/mol. The molecule has 0 unspecified atom stereocenters. The van der Waals surface area contributed by atoms with Crippen LogP contribution in [0.25, 0.3) is 11.2 Å². The minimum absolute atomic E-state index is 0.0973. The maximum Gasteiger partial charge on any atom is 0.332 e. The van der Waals surface area contributed by atoms with E-state index in [9.17, 15) is 14.4 Å². The molecule has 0 radical (unpaired) electrons. The molecule has 2 aromatic rings. The fourth-order valence-corrected chi connectivity index (χ4v) is 2.76. The lowest BCUT2D eigenvalue weighted by Gasteiger charge is -2.23. The molecule has 126 valence electrons. The number of hydrogen-bond acceptors (Lipinski definition) is 6. The van der Waals surface area contributed by atoms with Crippen molar-refractivity contribution in [2.24, 2.45) is 17.9 Å². The third-order valence-electron chi connectivity index (χ3n) is 3.74. The van der Waals surface area contributed by atoms with Crippen LogP contribution < -0.4 is 22.0 Å². The van der Waals surface area contributed by atoms with Crippen molar-refractivity contribution in [3.63, 3.8) is 0 Å². The summed E-state index contributed by atoms with van der Waals surface area (Å²) in [7, 11) is 1.54. The van der Waals surface area contributed by atoms with E-state index in [-0.39, 0.29) is 24.3 Å². The van der Waals surface area contributed by atoms with Crippen LogP contribution in [0.15, 0.2) is 27.3 Å². The summed E-state index contributed by atoms with van der Waals surface area (Å²) in [4.78, 5) is 40.7. The monoisotopic (exact) mass is 331 g/mol. The Morgan fingerprint density at radius 3 is 2.75 bits per heavy atom. The Morgan fingerprint density at radius 2 is 2.12 bits per heavy atom. The number of rotatable bonds is 4. The van der Waals surface area contributed by atoms with E-state index in [0.717, 1.165) is 4.57 Å². The van der Waals surface area contributed by atoms with Crippen LogP contribution in [0.1, 0.15) is 6.92 Å². The van der Waals surface area contributed by atoms with Crippen LogP contribution in [0.2, 0.25) is 0 Å². The van der Waals surface area contributed by atoms with Crippen molar-refractivity contribution in [1.29, 1.82) is 0 Å². The molecule has 1 aliphatic rings. The fourth-order valence-electron chi connectivity index (χ4n) is 2.76. The number of allylic oxidation sites excluding steroid dienone is 1. The van der Waals surface area contributed by atoms with E-state index in [1.807, 2.05) is 0 Å². The minimum Gasteiger partial charge on any atom is -0.368 e. The van der Waals surface area contributed by atoms with Gasteiger partial charge in [0.25, 0.3) is 5.56 Å². The molecule has 0 saturated carbocycles. The molecular weight excluding hydrogens is 314 g/mol. The molecule has 3 heterocycles. The number of fused-ring (bicyclic) bond motifs is 3. The maximum atomic E-state index is 12.8. The molecule has 1 aliphatic heterocycles. The molecule has 2 aromatic heterocycles. The molecule has 0 aromatic carbocycles. The van der Waals surface area contributed by atoms with Crippen molar-refractivity contribution in [3.8, 4) is 0 Å². The Bertz CT molecular complexity index is 1010. The third-order valence-corrected chi connectivity index (χ3v) is 3.74. The van der Waals surface area contributed by atoms with Gasteiger partial charge in [0.15, 0.2) is 11.2 Å². The third kappa shape index (κ3) is 2.23. The van der Waals surface area contributed by atoms with Gasteiger partial charge >= 0.3 is 5.69 Å². The van der Waals surface area contributed by atoms with E-state index in [1.54, 1.807) is 11.5 Å². The summed E-state index contributed by atoms with van der Waals surface area (Å²) in [5, 5.41) is 5.59. The van der Waals surface area contributed by atoms with Gasteiger partial charge in [-0.15, -0.1) is 6.58 Å². The zero-order valence-corrected chi connectivity index (χ0v) is 13.4. The summed E-state index contributed by atoms with van der Waals surface area (Å²) >= 11 is 0. The molecule has 3 rings (SSSR count). The van der Waals surface area contributed by atoms with E-state index >= 15 is 0 Å². The lowest BCUT2D eigenvalue weighted by Crippen LogP contribution is -2.40. The second-order valence-corrected chi connectivity index (χ2v) is 5.58. The van der Waals surface area contributed by atoms with Crippen LogP contribution >= 0.6 is 0 Å². The average molecular weight is 331 g/mol. The zero-order valence-electron chi connectivity index (χ0n) is 13.4. The van der Waals surface area contributed by atoms with Gasteiger partial charge in [-0.25, -0.2) is 9.80 Å². The molecular formula is C14H17N7O3. The highest BCUT2D eigenvalue weighted by atomic mass is 16.2. The summed E-state index contributed by atoms with van der Waals surface area (Å²) in [5.41, 5.74) is 5.50. The molecule has 1 amide bonds. The predicted octanol–water partition coefficient (Wildman–Crippen LogP) is -1.24. The highest BCUT2D eigenvalue weighted by Gasteiger charge is 2.27. The Morgan fingerprint density at radius 1 is 1.42 bits per heavy atom. The van der Waals surface area contributed by atoms with Crippen LogP contribution in [0, 0.1) is 0 Å². The molecule has 2 N–H and O–H groups in total. The Balaban J connectivity index is 2.36. The first-order valence-electron chi connectivity index (χ1n) is 7.26. The van der Waals surface area contributed by atoms with Gasteiger partial charge in [-0.1, -0.05) is 6.08 Å². The largest absolute Gasteiger partial charge is 0.368 e. The van der Waals surface area contributed by atoms with Crippen molar-refractivity contribution in [2.75, 3.05) is 11.6 Å². The Kier molecular flexibility index (Phi) is 3.59. The zero-order chi connectivity index (χ0) is 17.6. The number of carbonyl (C=O) groups is 1. The molecule has 10 nitrogen and oxygen atoms in total. The second-order valence-electron chi connectivity index (χ2n) is 5.58. The number of carbonyl (C=O) groups excluding carboxylic acids is 1. The van der Waals surface area contributed by atoms with Gasteiger partial charge in [0, 0.05) is 13.6 Å². The summed E-state index contributed by atoms with van der Waals surface area (Å²) < 4.78 is 4.02. The number of aromatic nitrogens is 4. The van der Waals surface area contributed by atoms with Gasteiger partial charge in [-0.2, -0.15) is 10.1 Å². The van der Waals surface area contributed by atoms with Crippen molar-refractivity contribution >= 4 is 28.7 Å². The van der Waals surface area contributed by atoms with Gasteiger partial charge in [0.05, 0.1) is 12.3 Å². The number of anilines is 1. The molecule has 0 atom stereocenters. The van der Waals surface area contributed by atoms with Gasteiger partial charge in [-0.05, 0) is 6.92 Å². The summed E-state index contributed by atoms with van der Waals surface area (Å²) in [6.45, 7) is 5.60. The van der Waals surface area contributed by atoms with E-state index < -0.39 is 17.2 Å². The highest BCUT2D eigenvalue weighted by Crippen LogP contribution is 2.23. The van der Waals surface area contributed by atoms with Crippen LogP contribution in [0.5, 0.6) is 0 Å². The highest BCUT2D eigenvalue weighted by molar-refractivity contribution is 5.89.